The number of hydrogen-bond donors (Lipinski definition) is 2. The second-order valence-corrected chi connectivity index (χ2v) is 5.23. The molecular weight excluding hydrogens is 253 g/mol. The van der Waals surface area contributed by atoms with Crippen molar-refractivity contribution in [3.63, 3.8) is 0 Å². The molecule has 2 nitrogen and oxygen atoms in total. The summed E-state index contributed by atoms with van der Waals surface area (Å²) >= 11 is 0. The van der Waals surface area contributed by atoms with Gasteiger partial charge in [0.25, 0.3) is 0 Å². The Labute approximate surface area is 119 Å². The van der Waals surface area contributed by atoms with Crippen LogP contribution in [0.5, 0.6) is 0 Å². The van der Waals surface area contributed by atoms with Gasteiger partial charge in [-0.1, -0.05) is 38.1 Å². The highest BCUT2D eigenvalue weighted by Crippen LogP contribution is 2.20. The van der Waals surface area contributed by atoms with Crippen LogP contribution in [0.3, 0.4) is 0 Å². The molecule has 0 aromatic heterocycles. The molecule has 1 atom stereocenters. The van der Waals surface area contributed by atoms with Crippen LogP contribution in [0.15, 0.2) is 48.5 Å². The van der Waals surface area contributed by atoms with E-state index >= 15 is 0 Å². The van der Waals surface area contributed by atoms with Gasteiger partial charge in [0.2, 0.25) is 0 Å². The molecule has 2 aromatic carbocycles. The molecule has 0 radical (unpaired) electrons. The quantitative estimate of drug-likeness (QED) is 0.859. The molecule has 0 saturated heterocycles. The van der Waals surface area contributed by atoms with E-state index in [9.17, 15) is 9.50 Å². The summed E-state index contributed by atoms with van der Waals surface area (Å²) in [7, 11) is 0. The van der Waals surface area contributed by atoms with Crippen molar-refractivity contribution < 1.29 is 9.50 Å². The highest BCUT2D eigenvalue weighted by molar-refractivity contribution is 5.46. The normalized spacial score (nSPS) is 12.4. The van der Waals surface area contributed by atoms with E-state index in [1.807, 2.05) is 12.1 Å². The van der Waals surface area contributed by atoms with E-state index in [-0.39, 0.29) is 5.82 Å². The molecule has 0 amide bonds. The van der Waals surface area contributed by atoms with Gasteiger partial charge < -0.3 is 10.4 Å². The predicted octanol–water partition coefficient (Wildman–Crippen LogP) is 4.09. The first-order valence-corrected chi connectivity index (χ1v) is 6.83. The van der Waals surface area contributed by atoms with E-state index in [1.165, 1.54) is 17.7 Å². The largest absolute Gasteiger partial charge is 0.387 e. The van der Waals surface area contributed by atoms with Gasteiger partial charge in [0, 0.05) is 12.2 Å². The van der Waals surface area contributed by atoms with Crippen LogP contribution >= 0.6 is 0 Å². The molecule has 0 aliphatic heterocycles. The maximum Gasteiger partial charge on any atom is 0.123 e. The summed E-state index contributed by atoms with van der Waals surface area (Å²) in [6.07, 6.45) is -0.728. The van der Waals surface area contributed by atoms with E-state index in [2.05, 4.69) is 31.3 Å². The lowest BCUT2D eigenvalue weighted by molar-refractivity contribution is 0.191. The standard InChI is InChI=1S/C17H20FNO/c1-12(2)13-5-4-8-16(10-13)19-11-17(20)14-6-3-7-15(18)9-14/h3-10,12,17,19-20H,11H2,1-2H3. The maximum absolute atomic E-state index is 13.1. The van der Waals surface area contributed by atoms with Crippen LogP contribution < -0.4 is 5.32 Å². The molecule has 0 fully saturated rings. The maximum atomic E-state index is 13.1. The molecular formula is C17H20FNO. The summed E-state index contributed by atoms with van der Waals surface area (Å²) in [4.78, 5) is 0. The summed E-state index contributed by atoms with van der Waals surface area (Å²) in [5.41, 5.74) is 2.79. The molecule has 0 spiro atoms. The number of anilines is 1. The monoisotopic (exact) mass is 273 g/mol. The van der Waals surface area contributed by atoms with Crippen LogP contribution in [0.4, 0.5) is 10.1 Å². The minimum atomic E-state index is -0.728. The summed E-state index contributed by atoms with van der Waals surface area (Å²) in [6, 6.07) is 14.2. The third-order valence-electron chi connectivity index (χ3n) is 3.29. The molecule has 20 heavy (non-hydrogen) atoms. The van der Waals surface area contributed by atoms with Crippen molar-refractivity contribution in [2.24, 2.45) is 0 Å². The second-order valence-electron chi connectivity index (χ2n) is 5.23. The van der Waals surface area contributed by atoms with E-state index in [0.717, 1.165) is 5.69 Å². The van der Waals surface area contributed by atoms with Crippen molar-refractivity contribution in [3.8, 4) is 0 Å². The lowest BCUT2D eigenvalue weighted by Crippen LogP contribution is -2.12. The molecule has 1 unspecified atom stereocenters. The van der Waals surface area contributed by atoms with Gasteiger partial charge in [0.15, 0.2) is 0 Å². The van der Waals surface area contributed by atoms with Crippen molar-refractivity contribution in [2.45, 2.75) is 25.9 Å². The third-order valence-corrected chi connectivity index (χ3v) is 3.29. The Morgan fingerprint density at radius 3 is 2.45 bits per heavy atom. The van der Waals surface area contributed by atoms with Gasteiger partial charge in [-0.25, -0.2) is 4.39 Å². The number of rotatable bonds is 5. The predicted molar refractivity (Wildman–Crippen MR) is 80.4 cm³/mol. The average molecular weight is 273 g/mol. The van der Waals surface area contributed by atoms with Crippen LogP contribution in [0.2, 0.25) is 0 Å². The summed E-state index contributed by atoms with van der Waals surface area (Å²) in [5.74, 6) is 0.133. The molecule has 0 heterocycles. The van der Waals surface area contributed by atoms with Crippen molar-refractivity contribution in [3.05, 3.63) is 65.5 Å². The van der Waals surface area contributed by atoms with Gasteiger partial charge in [0.05, 0.1) is 6.10 Å². The number of hydrogen-bond acceptors (Lipinski definition) is 2. The third kappa shape index (κ3) is 3.81. The van der Waals surface area contributed by atoms with Crippen molar-refractivity contribution in [1.29, 1.82) is 0 Å². The zero-order valence-corrected chi connectivity index (χ0v) is 11.8. The number of halogens is 1. The summed E-state index contributed by atoms with van der Waals surface area (Å²) in [6.45, 7) is 4.63. The van der Waals surface area contributed by atoms with Crippen LogP contribution in [0.1, 0.15) is 37.0 Å². The fourth-order valence-corrected chi connectivity index (χ4v) is 2.05. The Bertz CT molecular complexity index is 568. The Hall–Kier alpha value is -1.87. The molecule has 2 aromatic rings. The molecule has 0 saturated carbocycles. The zero-order valence-electron chi connectivity index (χ0n) is 11.8. The Morgan fingerprint density at radius 2 is 1.75 bits per heavy atom. The van der Waals surface area contributed by atoms with Crippen molar-refractivity contribution in [2.75, 3.05) is 11.9 Å². The summed E-state index contributed by atoms with van der Waals surface area (Å²) < 4.78 is 13.1. The zero-order chi connectivity index (χ0) is 14.5. The van der Waals surface area contributed by atoms with E-state index in [1.54, 1.807) is 12.1 Å². The lowest BCUT2D eigenvalue weighted by atomic mass is 10.0. The number of aliphatic hydroxyl groups excluding tert-OH is 1. The number of benzene rings is 2. The first kappa shape index (κ1) is 14.5. The van der Waals surface area contributed by atoms with Gasteiger partial charge in [-0.2, -0.15) is 0 Å². The molecule has 106 valence electrons. The van der Waals surface area contributed by atoms with Crippen molar-refractivity contribution >= 4 is 5.69 Å². The van der Waals surface area contributed by atoms with Gasteiger partial charge in [-0.15, -0.1) is 0 Å². The van der Waals surface area contributed by atoms with Crippen molar-refractivity contribution in [1.82, 2.24) is 0 Å². The minimum Gasteiger partial charge on any atom is -0.387 e. The van der Waals surface area contributed by atoms with Crippen LogP contribution in [-0.4, -0.2) is 11.7 Å². The first-order valence-electron chi connectivity index (χ1n) is 6.83. The Balaban J connectivity index is 1.99. The topological polar surface area (TPSA) is 32.3 Å². The Kier molecular flexibility index (Phi) is 4.74. The molecule has 2 N–H and O–H groups in total. The minimum absolute atomic E-state index is 0.330. The highest BCUT2D eigenvalue weighted by Gasteiger charge is 2.08. The molecule has 0 aliphatic rings. The fraction of sp³-hybridized carbons (Fsp3) is 0.294. The molecule has 0 bridgehead atoms. The molecule has 3 heteroatoms. The number of aliphatic hydroxyl groups is 1. The first-order chi connectivity index (χ1) is 9.56. The lowest BCUT2D eigenvalue weighted by Gasteiger charge is -2.14. The van der Waals surface area contributed by atoms with Crippen LogP contribution in [0.25, 0.3) is 0 Å². The van der Waals surface area contributed by atoms with Gasteiger partial charge >= 0.3 is 0 Å². The molecule has 0 aliphatic carbocycles. The van der Waals surface area contributed by atoms with Gasteiger partial charge in [0.1, 0.15) is 5.82 Å². The smallest absolute Gasteiger partial charge is 0.123 e. The second kappa shape index (κ2) is 6.53. The average Bonchev–Trinajstić information content (AvgIpc) is 2.45. The molecule has 2 rings (SSSR count). The van der Waals surface area contributed by atoms with Crippen LogP contribution in [0, 0.1) is 5.82 Å². The SMILES string of the molecule is CC(C)c1cccc(NCC(O)c2cccc(F)c2)c1. The van der Waals surface area contributed by atoms with E-state index in [0.29, 0.717) is 18.0 Å². The highest BCUT2D eigenvalue weighted by atomic mass is 19.1. The van der Waals surface area contributed by atoms with E-state index < -0.39 is 6.10 Å². The summed E-state index contributed by atoms with van der Waals surface area (Å²) in [5, 5.41) is 13.2. The van der Waals surface area contributed by atoms with Crippen LogP contribution in [-0.2, 0) is 0 Å². The van der Waals surface area contributed by atoms with E-state index in [4.69, 9.17) is 0 Å². The van der Waals surface area contributed by atoms with Gasteiger partial charge in [-0.3, -0.25) is 0 Å². The Morgan fingerprint density at radius 1 is 1.05 bits per heavy atom. The van der Waals surface area contributed by atoms with Gasteiger partial charge in [-0.05, 0) is 41.3 Å². The fourth-order valence-electron chi connectivity index (χ4n) is 2.05. The number of nitrogens with one attached hydrogen (secondary N) is 1.